The number of aliphatic hydroxyl groups excluding tert-OH is 1. The molecule has 0 unspecified atom stereocenters. The number of carbonyl (C=O) groups excluding carboxylic acids is 1. The van der Waals surface area contributed by atoms with Gasteiger partial charge >= 0.3 is 5.97 Å². The molecule has 2 atom stereocenters. The Labute approximate surface area is 72.5 Å². The molecule has 4 heteroatoms. The number of hydrogen-bond donors (Lipinski definition) is 1. The summed E-state index contributed by atoms with van der Waals surface area (Å²) in [5.41, 5.74) is 0. The van der Waals surface area contributed by atoms with E-state index >= 15 is 0 Å². The Balaban J connectivity index is 3.58. The summed E-state index contributed by atoms with van der Waals surface area (Å²) in [6.45, 7) is 1.86. The lowest BCUT2D eigenvalue weighted by Crippen LogP contribution is -2.16. The maximum absolute atomic E-state index is 10.7. The van der Waals surface area contributed by atoms with Crippen molar-refractivity contribution < 1.29 is 19.4 Å². The second-order valence-corrected chi connectivity index (χ2v) is 2.81. The minimum Gasteiger partial charge on any atom is -0.469 e. The van der Waals surface area contributed by atoms with Gasteiger partial charge in [0.15, 0.2) is 6.29 Å². The number of esters is 1. The number of carbonyl (C=O) groups is 1. The van der Waals surface area contributed by atoms with Gasteiger partial charge in [0, 0.05) is 20.0 Å². The molecule has 0 spiro atoms. The normalized spacial score (nSPS) is 15.3. The monoisotopic (exact) mass is 176 g/mol. The molecule has 0 aliphatic heterocycles. The Kier molecular flexibility index (Phi) is 5.66. The molecule has 0 aliphatic rings. The Hall–Kier alpha value is -0.610. The van der Waals surface area contributed by atoms with E-state index in [1.54, 1.807) is 0 Å². The van der Waals surface area contributed by atoms with Gasteiger partial charge in [-0.2, -0.15) is 0 Å². The quantitative estimate of drug-likeness (QED) is 0.490. The summed E-state index contributed by atoms with van der Waals surface area (Å²) in [4.78, 5) is 10.7. The van der Waals surface area contributed by atoms with E-state index in [1.165, 1.54) is 14.2 Å². The van der Waals surface area contributed by atoms with Crippen molar-refractivity contribution in [2.45, 2.75) is 26.1 Å². The number of hydrogen-bond acceptors (Lipinski definition) is 4. The molecule has 72 valence electrons. The van der Waals surface area contributed by atoms with Crippen LogP contribution in [0.2, 0.25) is 0 Å². The van der Waals surface area contributed by atoms with Crippen LogP contribution in [0, 0.1) is 5.92 Å². The van der Waals surface area contributed by atoms with E-state index in [4.69, 9.17) is 5.11 Å². The van der Waals surface area contributed by atoms with Crippen LogP contribution in [0.5, 0.6) is 0 Å². The van der Waals surface area contributed by atoms with Crippen LogP contribution in [-0.2, 0) is 14.3 Å². The van der Waals surface area contributed by atoms with Crippen LogP contribution >= 0.6 is 0 Å². The summed E-state index contributed by atoms with van der Waals surface area (Å²) >= 11 is 0. The molecule has 0 saturated carbocycles. The molecule has 0 aromatic carbocycles. The minimum atomic E-state index is -0.787. The van der Waals surface area contributed by atoms with Crippen LogP contribution in [0.3, 0.4) is 0 Å². The molecule has 0 bridgehead atoms. The van der Waals surface area contributed by atoms with Crippen LogP contribution in [-0.4, -0.2) is 31.6 Å². The van der Waals surface area contributed by atoms with E-state index in [0.29, 0.717) is 12.8 Å². The van der Waals surface area contributed by atoms with Crippen LogP contribution < -0.4 is 0 Å². The van der Waals surface area contributed by atoms with Crippen molar-refractivity contribution in [3.8, 4) is 0 Å². The smallest absolute Gasteiger partial charge is 0.305 e. The van der Waals surface area contributed by atoms with Crippen molar-refractivity contribution in [3.63, 3.8) is 0 Å². The third kappa shape index (κ3) is 5.09. The number of rotatable bonds is 5. The fraction of sp³-hybridized carbons (Fsp3) is 0.875. The first-order valence-electron chi connectivity index (χ1n) is 3.87. The molecule has 4 nitrogen and oxygen atoms in total. The standard InChI is InChI=1S/C8H16O4/c1-6(4-7(9)11-2)5-8(10)12-3/h6-7,9H,4-5H2,1-3H3/t6-,7+/m0/s1. The van der Waals surface area contributed by atoms with Gasteiger partial charge in [-0.05, 0) is 5.92 Å². The largest absolute Gasteiger partial charge is 0.469 e. The molecule has 0 fully saturated rings. The molecule has 0 rings (SSSR count). The van der Waals surface area contributed by atoms with Gasteiger partial charge in [0.1, 0.15) is 0 Å². The molecule has 0 aliphatic carbocycles. The average Bonchev–Trinajstić information content (AvgIpc) is 2.03. The fourth-order valence-electron chi connectivity index (χ4n) is 0.892. The Morgan fingerprint density at radius 1 is 1.50 bits per heavy atom. The van der Waals surface area contributed by atoms with Crippen molar-refractivity contribution in [3.05, 3.63) is 0 Å². The number of methoxy groups -OCH3 is 2. The highest BCUT2D eigenvalue weighted by atomic mass is 16.6. The fourth-order valence-corrected chi connectivity index (χ4v) is 0.892. The van der Waals surface area contributed by atoms with E-state index in [9.17, 15) is 4.79 Å². The minimum absolute atomic E-state index is 0.0763. The molecular weight excluding hydrogens is 160 g/mol. The second-order valence-electron chi connectivity index (χ2n) is 2.81. The summed E-state index contributed by atoms with van der Waals surface area (Å²) in [5.74, 6) is -0.182. The summed E-state index contributed by atoms with van der Waals surface area (Å²) in [5, 5.41) is 9.04. The second kappa shape index (κ2) is 5.97. The predicted octanol–water partition coefficient (Wildman–Crippen LogP) is 0.540. The molecule has 0 aromatic heterocycles. The van der Waals surface area contributed by atoms with E-state index < -0.39 is 6.29 Å². The molecule has 0 amide bonds. The SMILES string of the molecule is COC(=O)C[C@@H](C)C[C@H](O)OC. The maximum Gasteiger partial charge on any atom is 0.305 e. The first-order valence-corrected chi connectivity index (χ1v) is 3.87. The van der Waals surface area contributed by atoms with Gasteiger partial charge in [-0.25, -0.2) is 0 Å². The Morgan fingerprint density at radius 3 is 2.50 bits per heavy atom. The van der Waals surface area contributed by atoms with Crippen LogP contribution in [0.25, 0.3) is 0 Å². The highest BCUT2D eigenvalue weighted by Gasteiger charge is 2.13. The highest BCUT2D eigenvalue weighted by Crippen LogP contribution is 2.11. The van der Waals surface area contributed by atoms with E-state index in [-0.39, 0.29) is 11.9 Å². The van der Waals surface area contributed by atoms with Crippen LogP contribution in [0.4, 0.5) is 0 Å². The molecule has 0 saturated heterocycles. The molecule has 1 N–H and O–H groups in total. The van der Waals surface area contributed by atoms with Gasteiger partial charge in [-0.3, -0.25) is 4.79 Å². The maximum atomic E-state index is 10.7. The van der Waals surface area contributed by atoms with Gasteiger partial charge in [0.25, 0.3) is 0 Å². The van der Waals surface area contributed by atoms with Gasteiger partial charge < -0.3 is 14.6 Å². The molecule has 0 aromatic rings. The van der Waals surface area contributed by atoms with Crippen LogP contribution in [0.15, 0.2) is 0 Å². The van der Waals surface area contributed by atoms with Gasteiger partial charge in [-0.1, -0.05) is 6.92 Å². The van der Waals surface area contributed by atoms with Gasteiger partial charge in [-0.15, -0.1) is 0 Å². The summed E-state index contributed by atoms with van der Waals surface area (Å²) in [6, 6.07) is 0. The van der Waals surface area contributed by atoms with E-state index in [0.717, 1.165) is 0 Å². The topological polar surface area (TPSA) is 55.8 Å². The Bertz CT molecular complexity index is 135. The third-order valence-corrected chi connectivity index (χ3v) is 1.62. The number of aliphatic hydroxyl groups is 1. The summed E-state index contributed by atoms with van der Waals surface area (Å²) in [6.07, 6.45) is -0.0210. The van der Waals surface area contributed by atoms with Crippen molar-refractivity contribution in [1.29, 1.82) is 0 Å². The van der Waals surface area contributed by atoms with Crippen molar-refractivity contribution in [2.24, 2.45) is 5.92 Å². The van der Waals surface area contributed by atoms with Crippen LogP contribution in [0.1, 0.15) is 19.8 Å². The lowest BCUT2D eigenvalue weighted by Gasteiger charge is -2.13. The highest BCUT2D eigenvalue weighted by molar-refractivity contribution is 5.69. The number of ether oxygens (including phenoxy) is 2. The zero-order valence-corrected chi connectivity index (χ0v) is 7.74. The first-order chi connectivity index (χ1) is 5.60. The van der Waals surface area contributed by atoms with Crippen molar-refractivity contribution in [1.82, 2.24) is 0 Å². The molecule has 12 heavy (non-hydrogen) atoms. The predicted molar refractivity (Wildman–Crippen MR) is 43.4 cm³/mol. The molecule has 0 radical (unpaired) electrons. The zero-order chi connectivity index (χ0) is 9.56. The van der Waals surface area contributed by atoms with E-state index in [2.05, 4.69) is 9.47 Å². The first kappa shape index (κ1) is 11.4. The molecular formula is C8H16O4. The lowest BCUT2D eigenvalue weighted by molar-refractivity contribution is -0.142. The zero-order valence-electron chi connectivity index (χ0n) is 7.74. The van der Waals surface area contributed by atoms with Crippen molar-refractivity contribution >= 4 is 5.97 Å². The van der Waals surface area contributed by atoms with Crippen molar-refractivity contribution in [2.75, 3.05) is 14.2 Å². The summed E-state index contributed by atoms with van der Waals surface area (Å²) < 4.78 is 9.11. The lowest BCUT2D eigenvalue weighted by atomic mass is 10.0. The molecule has 0 heterocycles. The van der Waals surface area contributed by atoms with E-state index in [1.807, 2.05) is 6.92 Å². The van der Waals surface area contributed by atoms with Gasteiger partial charge in [0.2, 0.25) is 0 Å². The van der Waals surface area contributed by atoms with Gasteiger partial charge in [0.05, 0.1) is 7.11 Å². The summed E-state index contributed by atoms with van der Waals surface area (Å²) in [7, 11) is 2.78. The Morgan fingerprint density at radius 2 is 2.08 bits per heavy atom. The third-order valence-electron chi connectivity index (χ3n) is 1.62. The average molecular weight is 176 g/mol.